The highest BCUT2D eigenvalue weighted by Crippen LogP contribution is 2.78. The number of ether oxygens (including phenoxy) is 11. The van der Waals surface area contributed by atoms with E-state index in [9.17, 15) is 33.6 Å². The lowest BCUT2D eigenvalue weighted by Gasteiger charge is -2.73. The highest BCUT2D eigenvalue weighted by atomic mass is 16.8. The summed E-state index contributed by atoms with van der Waals surface area (Å²) in [6, 6.07) is 58.0. The van der Waals surface area contributed by atoms with Crippen molar-refractivity contribution < 1.29 is 90.5 Å². The fraction of sp³-hybridized carbons (Fsp3) is 0.422. The number of esters is 8. The molecule has 7 aromatic carbocycles. The Kier molecular flexibility index (Phi) is 21.9. The molecule has 0 unspecified atom stereocenters. The Bertz CT molecular complexity index is 4450. The second-order valence-corrected chi connectivity index (χ2v) is 31.9. The largest absolute Gasteiger partial charge is 0.459 e. The van der Waals surface area contributed by atoms with Crippen molar-refractivity contribution in [1.82, 2.24) is 0 Å². The minimum Gasteiger partial charge on any atom is -0.459 e. The number of carbonyl (C=O) groups is 8. The van der Waals surface area contributed by atoms with Crippen molar-refractivity contribution in [2.45, 2.75) is 167 Å². The molecule has 14 rings (SSSR count). The second-order valence-electron chi connectivity index (χ2n) is 31.9. The highest BCUT2D eigenvalue weighted by molar-refractivity contribution is 5.93. The summed E-state index contributed by atoms with van der Waals surface area (Å²) < 4.78 is 71.7. The number of carbonyl (C=O) groups excluding carboxylic acids is 8. The molecule has 19 nitrogen and oxygen atoms in total. The molecule has 7 fully saturated rings. The Morgan fingerprint density at radius 1 is 0.404 bits per heavy atom. The first-order chi connectivity index (χ1) is 52.5. The molecule has 0 N–H and O–H groups in total. The van der Waals surface area contributed by atoms with E-state index in [0.29, 0.717) is 32.1 Å². The minimum absolute atomic E-state index is 0.00345. The van der Waals surface area contributed by atoms with Crippen LogP contribution in [0.3, 0.4) is 0 Å². The van der Waals surface area contributed by atoms with Crippen molar-refractivity contribution in [1.29, 1.82) is 0 Å². The zero-order valence-electron chi connectivity index (χ0n) is 62.3. The van der Waals surface area contributed by atoms with Crippen LogP contribution < -0.4 is 0 Å². The summed E-state index contributed by atoms with van der Waals surface area (Å²) in [5, 5.41) is 0. The summed E-state index contributed by atoms with van der Waals surface area (Å²) >= 11 is 0. The number of rotatable bonds is 20. The van der Waals surface area contributed by atoms with Gasteiger partial charge in [0.1, 0.15) is 12.7 Å². The summed E-state index contributed by atoms with van der Waals surface area (Å²) in [7, 11) is 0. The van der Waals surface area contributed by atoms with Gasteiger partial charge in [-0.25, -0.2) is 33.6 Å². The van der Waals surface area contributed by atoms with Crippen LogP contribution in [0.1, 0.15) is 178 Å². The van der Waals surface area contributed by atoms with E-state index in [-0.39, 0.29) is 91.4 Å². The second kappa shape index (κ2) is 31.5. The van der Waals surface area contributed by atoms with Gasteiger partial charge in [-0.15, -0.1) is 0 Å². The van der Waals surface area contributed by atoms with Crippen LogP contribution in [0.2, 0.25) is 0 Å². The molecule has 2 saturated heterocycles. The predicted octanol–water partition coefficient (Wildman–Crippen LogP) is 15.9. The molecule has 109 heavy (non-hydrogen) atoms. The zero-order valence-corrected chi connectivity index (χ0v) is 62.3. The summed E-state index contributed by atoms with van der Waals surface area (Å²) in [6.45, 7) is 17.7. The van der Waals surface area contributed by atoms with E-state index >= 15 is 4.79 Å². The fourth-order valence-corrected chi connectivity index (χ4v) is 20.3. The van der Waals surface area contributed by atoms with Crippen LogP contribution >= 0.6 is 0 Å². The Balaban J connectivity index is 0.756. The van der Waals surface area contributed by atoms with Crippen molar-refractivity contribution >= 4 is 47.8 Å². The number of hydrogen-bond donors (Lipinski definition) is 0. The standard InChI is InChI=1S/C90H94O19/c1-55(2)63-45-50-90(85(98)109-84-75(108-82(97)62-41-27-14-28-42-62)73(106-80(95)60-37-23-12-24-38-60)71(104-78(93)58-33-19-10-20-34-58)66(102-84)53-99-76(91)56-29-15-8-16-30-56)52-51-88(6)64(70(63)90)43-44-68-87(5)48-47-69(86(3,4)67(87)46-49-89(68,88)7)103-83-74(107-81(96)61-39-25-13-26-40-61)72(105-79(94)59-35-21-11-22-36-59)65(54-100-83)101-77(92)57-31-17-9-18-32-57/h8-42,63-75,83-84H,1,43-54H2,2-7H3/t63-,64+,65-,66+,67-,68+,69-,70+,71+,72-,73-,74+,75+,83-,84-,87-,88+,89+,90-/m0/s1. The Hall–Kier alpha value is -10.1. The van der Waals surface area contributed by atoms with Crippen LogP contribution in [0.5, 0.6) is 0 Å². The smallest absolute Gasteiger partial charge is 0.338 e. The van der Waals surface area contributed by atoms with E-state index in [1.54, 1.807) is 212 Å². The monoisotopic (exact) mass is 1480 g/mol. The maximum atomic E-state index is 16.5. The van der Waals surface area contributed by atoms with Crippen LogP contribution in [0, 0.1) is 56.7 Å². The van der Waals surface area contributed by atoms with Gasteiger partial charge in [-0.2, -0.15) is 0 Å². The van der Waals surface area contributed by atoms with Gasteiger partial charge in [-0.3, -0.25) is 4.79 Å². The van der Waals surface area contributed by atoms with Gasteiger partial charge in [0.2, 0.25) is 12.4 Å². The lowest BCUT2D eigenvalue weighted by Crippen LogP contribution is -2.68. The van der Waals surface area contributed by atoms with Crippen molar-refractivity contribution in [3.8, 4) is 0 Å². The van der Waals surface area contributed by atoms with Gasteiger partial charge in [0.15, 0.2) is 36.8 Å². The van der Waals surface area contributed by atoms with Gasteiger partial charge in [-0.05, 0) is 207 Å². The molecule has 5 saturated carbocycles. The van der Waals surface area contributed by atoms with Crippen LogP contribution in [0.25, 0.3) is 0 Å². The maximum Gasteiger partial charge on any atom is 0.338 e. The lowest BCUT2D eigenvalue weighted by molar-refractivity contribution is -0.310. The average molecular weight is 1480 g/mol. The van der Waals surface area contributed by atoms with Gasteiger partial charge in [0.05, 0.1) is 57.1 Å². The normalized spacial score (nSPS) is 32.0. The molecule has 7 aliphatic rings. The molecule has 19 heteroatoms. The molecule has 0 bridgehead atoms. The van der Waals surface area contributed by atoms with E-state index in [1.165, 1.54) is 0 Å². The fourth-order valence-electron chi connectivity index (χ4n) is 20.3. The quantitative estimate of drug-likeness (QED) is 0.0298. The highest BCUT2D eigenvalue weighted by Gasteiger charge is 2.73. The molecule has 0 radical (unpaired) electrons. The topological polar surface area (TPSA) is 238 Å². The zero-order chi connectivity index (χ0) is 76.4. The van der Waals surface area contributed by atoms with Gasteiger partial charge in [0, 0.05) is 0 Å². The third-order valence-corrected chi connectivity index (χ3v) is 25.8. The summed E-state index contributed by atoms with van der Waals surface area (Å²) in [4.78, 5) is 117. The SMILES string of the molecule is C=C(C)[C@@H]1CC[C@]2(C(=O)O[C@@H]3O[C@H](COC(=O)c4ccccc4)[C@@H](OC(=O)c4ccccc4)[C@H](OC(=O)c4ccccc4)[C@H]3OC(=O)c3ccccc3)CC[C@]3(C)[C@H](CC[C@@H]4[C@@]5(C)CC[C@H](O[C@@H]6OC[C@H](OC(=O)c7ccccc7)[C@H](OC(=O)c7ccccc7)[C@H]6OC(=O)c6ccccc6)C(C)(C)[C@@H]5CC[C@]43C)[C@@H]12. The molecule has 2 heterocycles. The third-order valence-electron chi connectivity index (χ3n) is 25.8. The molecule has 19 atom stereocenters. The first kappa shape index (κ1) is 75.7. The van der Waals surface area contributed by atoms with Crippen molar-refractivity contribution in [3.63, 3.8) is 0 Å². The predicted molar refractivity (Wildman–Crippen MR) is 399 cm³/mol. The molecular weight excluding hydrogens is 1380 g/mol. The van der Waals surface area contributed by atoms with Gasteiger partial charge < -0.3 is 52.1 Å². The van der Waals surface area contributed by atoms with Gasteiger partial charge in [0.25, 0.3) is 0 Å². The van der Waals surface area contributed by atoms with Crippen LogP contribution in [-0.4, -0.2) is 122 Å². The van der Waals surface area contributed by atoms with E-state index in [2.05, 4.69) is 41.2 Å². The lowest BCUT2D eigenvalue weighted by atomic mass is 9.32. The molecule has 0 amide bonds. The summed E-state index contributed by atoms with van der Waals surface area (Å²) in [5.41, 5.74) is -0.152. The van der Waals surface area contributed by atoms with E-state index in [0.717, 1.165) is 37.7 Å². The van der Waals surface area contributed by atoms with Crippen molar-refractivity contribution in [2.24, 2.45) is 56.7 Å². The summed E-state index contributed by atoms with van der Waals surface area (Å²) in [6.07, 6.45) is -7.27. The van der Waals surface area contributed by atoms with E-state index in [4.69, 9.17) is 52.1 Å². The van der Waals surface area contributed by atoms with Gasteiger partial charge >= 0.3 is 47.8 Å². The molecule has 568 valence electrons. The molecule has 7 aromatic rings. The summed E-state index contributed by atoms with van der Waals surface area (Å²) in [5.74, 6) is -6.10. The molecule has 0 aromatic heterocycles. The van der Waals surface area contributed by atoms with Crippen LogP contribution in [0.4, 0.5) is 0 Å². The van der Waals surface area contributed by atoms with Crippen molar-refractivity contribution in [3.05, 3.63) is 263 Å². The maximum absolute atomic E-state index is 16.5. The van der Waals surface area contributed by atoms with E-state index < -0.39 is 127 Å². The van der Waals surface area contributed by atoms with Crippen molar-refractivity contribution in [2.75, 3.05) is 13.2 Å². The molecule has 5 aliphatic carbocycles. The van der Waals surface area contributed by atoms with Crippen LogP contribution in [0.15, 0.2) is 224 Å². The molecule has 0 spiro atoms. The Morgan fingerprint density at radius 3 is 1.29 bits per heavy atom. The number of benzene rings is 7. The van der Waals surface area contributed by atoms with Crippen LogP contribution in [-0.2, 0) is 56.9 Å². The first-order valence-corrected chi connectivity index (χ1v) is 38.1. The number of hydrogen-bond acceptors (Lipinski definition) is 19. The average Bonchev–Trinajstić information content (AvgIpc) is 1.67. The Labute approximate surface area is 635 Å². The third kappa shape index (κ3) is 14.8. The first-order valence-electron chi connectivity index (χ1n) is 38.1. The minimum atomic E-state index is -1.83. The Morgan fingerprint density at radius 2 is 0.826 bits per heavy atom. The molecular formula is C90H94O19. The van der Waals surface area contributed by atoms with Gasteiger partial charge in [-0.1, -0.05) is 174 Å². The molecule has 2 aliphatic heterocycles. The number of allylic oxidation sites excluding steroid dienone is 1. The van der Waals surface area contributed by atoms with E-state index in [1.807, 2.05) is 6.92 Å². The number of fused-ring (bicyclic) bond motifs is 7.